The topological polar surface area (TPSA) is 32.3 Å². The van der Waals surface area contributed by atoms with Crippen LogP contribution in [0.15, 0.2) is 18.2 Å². The molecule has 0 aromatic heterocycles. The van der Waals surface area contributed by atoms with Crippen molar-refractivity contribution >= 4 is 11.6 Å². The van der Waals surface area contributed by atoms with Gasteiger partial charge in [-0.3, -0.25) is 0 Å². The maximum absolute atomic E-state index is 9.70. The highest BCUT2D eigenvalue weighted by Gasteiger charge is 2.05. The van der Waals surface area contributed by atoms with E-state index in [0.29, 0.717) is 23.4 Å². The number of phenols is 1. The number of halogens is 1. The quantitative estimate of drug-likeness (QED) is 0.682. The molecule has 1 rings (SSSR count). The molecule has 0 fully saturated rings. The molecule has 0 amide bonds. The molecule has 18 heavy (non-hydrogen) atoms. The Hall–Kier alpha value is -0.730. The molecule has 0 radical (unpaired) electrons. The number of hydrogen-bond donors (Lipinski definition) is 2. The van der Waals surface area contributed by atoms with Crippen LogP contribution in [0.3, 0.4) is 0 Å². The van der Waals surface area contributed by atoms with Crippen LogP contribution in [-0.4, -0.2) is 11.1 Å². The third kappa shape index (κ3) is 5.74. The van der Waals surface area contributed by atoms with Crippen molar-refractivity contribution in [2.45, 2.75) is 58.5 Å². The minimum absolute atomic E-state index is 0.310. The summed E-state index contributed by atoms with van der Waals surface area (Å²) in [4.78, 5) is 0. The Bertz CT molecular complexity index is 354. The lowest BCUT2D eigenvalue weighted by molar-refractivity contribution is 0.449. The Labute approximate surface area is 115 Å². The second-order valence-corrected chi connectivity index (χ2v) is 5.34. The van der Waals surface area contributed by atoms with Gasteiger partial charge in [0.05, 0.1) is 0 Å². The van der Waals surface area contributed by atoms with E-state index in [9.17, 15) is 5.11 Å². The van der Waals surface area contributed by atoms with E-state index in [0.717, 1.165) is 5.56 Å². The predicted molar refractivity (Wildman–Crippen MR) is 78.2 cm³/mol. The minimum Gasteiger partial charge on any atom is -0.508 e. The highest BCUT2D eigenvalue weighted by Crippen LogP contribution is 2.21. The molecule has 0 aliphatic heterocycles. The lowest BCUT2D eigenvalue weighted by Gasteiger charge is -2.14. The van der Waals surface area contributed by atoms with E-state index >= 15 is 0 Å². The largest absolute Gasteiger partial charge is 0.508 e. The summed E-state index contributed by atoms with van der Waals surface area (Å²) in [5.41, 5.74) is 0.864. The summed E-state index contributed by atoms with van der Waals surface area (Å²) in [6.07, 6.45) is 6.36. The SMILES string of the molecule is CCCCCCC(C)NCc1cc(Cl)ccc1O. The van der Waals surface area contributed by atoms with Gasteiger partial charge in [0.2, 0.25) is 0 Å². The average Bonchev–Trinajstić information content (AvgIpc) is 2.36. The summed E-state index contributed by atoms with van der Waals surface area (Å²) >= 11 is 5.91. The Balaban J connectivity index is 2.29. The van der Waals surface area contributed by atoms with Gasteiger partial charge in [0.1, 0.15) is 5.75 Å². The summed E-state index contributed by atoms with van der Waals surface area (Å²) in [6.45, 7) is 5.08. The van der Waals surface area contributed by atoms with Crippen LogP contribution in [0.4, 0.5) is 0 Å². The van der Waals surface area contributed by atoms with E-state index in [1.807, 2.05) is 6.07 Å². The lowest BCUT2D eigenvalue weighted by atomic mass is 10.1. The van der Waals surface area contributed by atoms with Crippen molar-refractivity contribution in [2.24, 2.45) is 0 Å². The molecular formula is C15H24ClNO. The second kappa shape index (κ2) is 8.39. The van der Waals surface area contributed by atoms with Gasteiger partial charge in [-0.25, -0.2) is 0 Å². The van der Waals surface area contributed by atoms with E-state index in [1.54, 1.807) is 12.1 Å². The van der Waals surface area contributed by atoms with E-state index in [-0.39, 0.29) is 0 Å². The van der Waals surface area contributed by atoms with Crippen LogP contribution in [0.5, 0.6) is 5.75 Å². The molecule has 0 aliphatic rings. The van der Waals surface area contributed by atoms with Gasteiger partial charge in [-0.15, -0.1) is 0 Å². The number of aromatic hydroxyl groups is 1. The molecule has 0 heterocycles. The summed E-state index contributed by atoms with van der Waals surface area (Å²) in [5, 5.41) is 13.8. The maximum atomic E-state index is 9.70. The number of unbranched alkanes of at least 4 members (excludes halogenated alkanes) is 3. The summed E-state index contributed by atoms with van der Waals surface area (Å²) in [5.74, 6) is 0.310. The monoisotopic (exact) mass is 269 g/mol. The molecule has 0 aliphatic carbocycles. The van der Waals surface area contributed by atoms with Gasteiger partial charge < -0.3 is 10.4 Å². The fourth-order valence-electron chi connectivity index (χ4n) is 1.96. The zero-order valence-corrected chi connectivity index (χ0v) is 12.1. The molecule has 3 heteroatoms. The van der Waals surface area contributed by atoms with Gasteiger partial charge in [-0.05, 0) is 31.5 Å². The Morgan fingerprint density at radius 3 is 2.78 bits per heavy atom. The van der Waals surface area contributed by atoms with Crippen LogP contribution in [0.2, 0.25) is 5.02 Å². The molecule has 0 saturated heterocycles. The average molecular weight is 270 g/mol. The maximum Gasteiger partial charge on any atom is 0.120 e. The highest BCUT2D eigenvalue weighted by atomic mass is 35.5. The van der Waals surface area contributed by atoms with Crippen molar-refractivity contribution in [3.05, 3.63) is 28.8 Å². The van der Waals surface area contributed by atoms with Crippen molar-refractivity contribution in [3.8, 4) is 5.75 Å². The molecule has 1 atom stereocenters. The number of hydrogen-bond acceptors (Lipinski definition) is 2. The molecule has 0 bridgehead atoms. The van der Waals surface area contributed by atoms with Crippen molar-refractivity contribution < 1.29 is 5.11 Å². The van der Waals surface area contributed by atoms with Gasteiger partial charge in [0, 0.05) is 23.2 Å². The Morgan fingerprint density at radius 1 is 1.28 bits per heavy atom. The van der Waals surface area contributed by atoms with E-state index in [4.69, 9.17) is 11.6 Å². The van der Waals surface area contributed by atoms with E-state index in [2.05, 4.69) is 19.2 Å². The number of benzene rings is 1. The second-order valence-electron chi connectivity index (χ2n) is 4.90. The summed E-state index contributed by atoms with van der Waals surface area (Å²) in [6, 6.07) is 5.63. The zero-order valence-electron chi connectivity index (χ0n) is 11.4. The van der Waals surface area contributed by atoms with Crippen molar-refractivity contribution in [3.63, 3.8) is 0 Å². The first-order valence-electron chi connectivity index (χ1n) is 6.84. The molecule has 0 saturated carbocycles. The third-order valence-corrected chi connectivity index (χ3v) is 3.41. The summed E-state index contributed by atoms with van der Waals surface area (Å²) in [7, 11) is 0. The van der Waals surface area contributed by atoms with Crippen LogP contribution in [0, 0.1) is 0 Å². The lowest BCUT2D eigenvalue weighted by Crippen LogP contribution is -2.25. The molecule has 1 unspecified atom stereocenters. The standard InChI is InChI=1S/C15H24ClNO/c1-3-4-5-6-7-12(2)17-11-13-10-14(16)8-9-15(13)18/h8-10,12,17-18H,3-7,11H2,1-2H3. The van der Waals surface area contributed by atoms with E-state index < -0.39 is 0 Å². The molecular weight excluding hydrogens is 246 g/mol. The van der Waals surface area contributed by atoms with Gasteiger partial charge in [0.25, 0.3) is 0 Å². The van der Waals surface area contributed by atoms with Gasteiger partial charge in [-0.2, -0.15) is 0 Å². The van der Waals surface area contributed by atoms with Crippen LogP contribution >= 0.6 is 11.6 Å². The fourth-order valence-corrected chi connectivity index (χ4v) is 2.15. The van der Waals surface area contributed by atoms with Crippen LogP contribution in [-0.2, 0) is 6.54 Å². The van der Waals surface area contributed by atoms with Gasteiger partial charge >= 0.3 is 0 Å². The summed E-state index contributed by atoms with van der Waals surface area (Å²) < 4.78 is 0. The van der Waals surface area contributed by atoms with Crippen LogP contribution in [0.1, 0.15) is 51.5 Å². The molecule has 102 valence electrons. The third-order valence-electron chi connectivity index (χ3n) is 3.17. The number of nitrogens with one attached hydrogen (secondary N) is 1. The fraction of sp³-hybridized carbons (Fsp3) is 0.600. The molecule has 1 aromatic carbocycles. The van der Waals surface area contributed by atoms with Crippen molar-refractivity contribution in [2.75, 3.05) is 0 Å². The number of phenolic OH excluding ortho intramolecular Hbond substituents is 1. The smallest absolute Gasteiger partial charge is 0.120 e. The van der Waals surface area contributed by atoms with Gasteiger partial charge in [-0.1, -0.05) is 44.2 Å². The van der Waals surface area contributed by atoms with Crippen molar-refractivity contribution in [1.29, 1.82) is 0 Å². The first kappa shape index (κ1) is 15.3. The Morgan fingerprint density at radius 2 is 2.06 bits per heavy atom. The minimum atomic E-state index is 0.310. The molecule has 1 aromatic rings. The molecule has 0 spiro atoms. The zero-order chi connectivity index (χ0) is 13.4. The normalized spacial score (nSPS) is 12.6. The first-order valence-corrected chi connectivity index (χ1v) is 7.22. The van der Waals surface area contributed by atoms with Gasteiger partial charge in [0.15, 0.2) is 0 Å². The predicted octanol–water partition coefficient (Wildman–Crippen LogP) is 4.49. The first-order chi connectivity index (χ1) is 8.63. The molecule has 2 N–H and O–H groups in total. The number of rotatable bonds is 8. The van der Waals surface area contributed by atoms with Crippen molar-refractivity contribution in [1.82, 2.24) is 5.32 Å². The van der Waals surface area contributed by atoms with Crippen LogP contribution in [0.25, 0.3) is 0 Å². The molecule has 2 nitrogen and oxygen atoms in total. The van der Waals surface area contributed by atoms with E-state index in [1.165, 1.54) is 32.1 Å². The highest BCUT2D eigenvalue weighted by molar-refractivity contribution is 6.30. The Kier molecular flexibility index (Phi) is 7.14. The van der Waals surface area contributed by atoms with Crippen LogP contribution < -0.4 is 5.32 Å².